The Balaban J connectivity index is 1.48. The maximum Gasteiger partial charge on any atom is 0.427 e. The van der Waals surface area contributed by atoms with E-state index >= 15 is 0 Å². The molecule has 4 rings (SSSR count). The fourth-order valence-electron chi connectivity index (χ4n) is 3.54. The summed E-state index contributed by atoms with van der Waals surface area (Å²) in [6.07, 6.45) is 2.00. The van der Waals surface area contributed by atoms with Gasteiger partial charge in [0.2, 0.25) is 11.8 Å². The van der Waals surface area contributed by atoms with Crippen molar-refractivity contribution in [1.82, 2.24) is 25.7 Å². The first-order valence-corrected chi connectivity index (χ1v) is 10.1. The lowest BCUT2D eigenvalue weighted by Gasteiger charge is -2.33. The molecule has 1 amide bonds. The van der Waals surface area contributed by atoms with Gasteiger partial charge in [0, 0.05) is 12.2 Å². The molecule has 1 aromatic rings. The predicted octanol–water partition coefficient (Wildman–Crippen LogP) is 1.99. The highest BCUT2D eigenvalue weighted by atomic mass is 19.4. The van der Waals surface area contributed by atoms with Crippen molar-refractivity contribution in [2.24, 2.45) is 0 Å². The molecule has 4 atom stereocenters. The number of halogens is 3. The highest BCUT2D eigenvalue weighted by Crippen LogP contribution is 2.34. The van der Waals surface area contributed by atoms with E-state index in [9.17, 15) is 18.0 Å². The van der Waals surface area contributed by atoms with E-state index in [4.69, 9.17) is 9.47 Å². The summed E-state index contributed by atoms with van der Waals surface area (Å²) in [5.74, 6) is 1.15. The third-order valence-electron chi connectivity index (χ3n) is 5.36. The molecule has 0 aromatic carbocycles. The molecule has 4 heterocycles. The molecule has 13 heteroatoms. The quantitative estimate of drug-likeness (QED) is 0.514. The molecule has 1 aromatic heterocycles. The molecule has 3 aliphatic heterocycles. The molecular formula is C19H25F3N7O3+. The Morgan fingerprint density at radius 2 is 2.16 bits per heavy atom. The van der Waals surface area contributed by atoms with Crippen LogP contribution in [0.5, 0.6) is 0 Å². The fraction of sp³-hybridized carbons (Fsp3) is 0.526. The molecular weight excluding hydrogens is 431 g/mol. The van der Waals surface area contributed by atoms with Gasteiger partial charge in [-0.3, -0.25) is 10.00 Å². The zero-order valence-corrected chi connectivity index (χ0v) is 17.7. The smallest absolute Gasteiger partial charge is 0.427 e. The summed E-state index contributed by atoms with van der Waals surface area (Å²) < 4.78 is 51.5. The first-order chi connectivity index (χ1) is 15.0. The highest BCUT2D eigenvalue weighted by Gasteiger charge is 2.52. The van der Waals surface area contributed by atoms with E-state index in [0.717, 1.165) is 31.0 Å². The van der Waals surface area contributed by atoms with Crippen molar-refractivity contribution in [3.8, 4) is 0 Å². The minimum atomic E-state index is -4.70. The Hall–Kier alpha value is -3.06. The zero-order chi connectivity index (χ0) is 23.1. The maximum absolute atomic E-state index is 13.1. The molecule has 174 valence electrons. The van der Waals surface area contributed by atoms with Gasteiger partial charge in [-0.1, -0.05) is 0 Å². The van der Waals surface area contributed by atoms with Crippen molar-refractivity contribution < 1.29 is 32.0 Å². The number of hydrogen-bond donors (Lipinski definition) is 4. The number of aromatic amines is 1. The number of ether oxygens (including phenoxy) is 2. The summed E-state index contributed by atoms with van der Waals surface area (Å²) in [6, 6.07) is 1.22. The number of rotatable bonds is 4. The van der Waals surface area contributed by atoms with Gasteiger partial charge in [-0.25, -0.2) is 15.4 Å². The average molecular weight is 456 g/mol. The summed E-state index contributed by atoms with van der Waals surface area (Å²) in [6.45, 7) is 3.65. The van der Waals surface area contributed by atoms with E-state index in [2.05, 4.69) is 26.1 Å². The number of carbonyl (C=O) groups is 1. The SMILES string of the molecule is CC1CC(Nc2ccn[nH]2)NC([N+]2=C[C@@H]3C(=C2)OC=CN3C(=O)OC(C)(C)C(F)(F)F)N1. The summed E-state index contributed by atoms with van der Waals surface area (Å²) in [5.41, 5.74) is -2.63. The van der Waals surface area contributed by atoms with Crippen molar-refractivity contribution in [2.75, 3.05) is 5.32 Å². The van der Waals surface area contributed by atoms with Crippen LogP contribution in [-0.2, 0) is 9.47 Å². The van der Waals surface area contributed by atoms with E-state index in [1.54, 1.807) is 23.2 Å². The first kappa shape index (κ1) is 22.1. The summed E-state index contributed by atoms with van der Waals surface area (Å²) >= 11 is 0. The van der Waals surface area contributed by atoms with Gasteiger partial charge in [-0.2, -0.15) is 22.8 Å². The number of amides is 1. The average Bonchev–Trinajstić information content (AvgIpc) is 3.35. The normalized spacial score (nSPS) is 27.9. The summed E-state index contributed by atoms with van der Waals surface area (Å²) in [4.78, 5) is 13.6. The van der Waals surface area contributed by atoms with Crippen LogP contribution in [0.15, 0.2) is 36.7 Å². The monoisotopic (exact) mass is 456 g/mol. The number of fused-ring (bicyclic) bond motifs is 1. The van der Waals surface area contributed by atoms with Crippen LogP contribution in [0.4, 0.5) is 23.8 Å². The van der Waals surface area contributed by atoms with Crippen LogP contribution in [0.1, 0.15) is 27.2 Å². The van der Waals surface area contributed by atoms with E-state index in [1.165, 1.54) is 12.5 Å². The van der Waals surface area contributed by atoms with Gasteiger partial charge in [0.25, 0.3) is 6.29 Å². The Morgan fingerprint density at radius 1 is 1.38 bits per heavy atom. The molecule has 3 unspecified atom stereocenters. The lowest BCUT2D eigenvalue weighted by atomic mass is 10.1. The molecule has 1 saturated heterocycles. The number of nitrogens with zero attached hydrogens (tertiary/aromatic N) is 3. The van der Waals surface area contributed by atoms with E-state index in [1.807, 2.05) is 13.0 Å². The van der Waals surface area contributed by atoms with Crippen LogP contribution in [0, 0.1) is 0 Å². The van der Waals surface area contributed by atoms with E-state index < -0.39 is 23.9 Å². The molecule has 1 fully saturated rings. The standard InChI is InChI=1S/C19H25F3N7O3/c1-11-8-15(25-14-4-5-23-27-14)26-16(24-11)28-9-12-13(10-28)31-7-6-29(12)17(30)32-18(2,3)19(20,21)22/h4-7,9-12,15-16,24,26H,8H2,1-3H3,(H2,23,25,27)/q+1/t11?,12-,15?,16?/m1/s1. The number of anilines is 1. The largest absolute Gasteiger partial charge is 0.459 e. The van der Waals surface area contributed by atoms with Gasteiger partial charge in [-0.15, -0.1) is 0 Å². The topological polar surface area (TPSA) is 107 Å². The third kappa shape index (κ3) is 4.43. The van der Waals surface area contributed by atoms with Crippen molar-refractivity contribution in [3.63, 3.8) is 0 Å². The van der Waals surface area contributed by atoms with Crippen molar-refractivity contribution in [1.29, 1.82) is 0 Å². The maximum atomic E-state index is 13.1. The van der Waals surface area contributed by atoms with Gasteiger partial charge < -0.3 is 14.8 Å². The second kappa shape index (κ2) is 8.13. The number of alkyl halides is 3. The van der Waals surface area contributed by atoms with Crippen molar-refractivity contribution in [3.05, 3.63) is 36.7 Å². The number of carbonyl (C=O) groups excluding carboxylic acids is 1. The van der Waals surface area contributed by atoms with Crippen molar-refractivity contribution in [2.45, 2.75) is 63.5 Å². The Kier molecular flexibility index (Phi) is 5.63. The Labute approximate surface area is 182 Å². The van der Waals surface area contributed by atoms with Gasteiger partial charge in [0.15, 0.2) is 18.0 Å². The number of hydrogen-bond acceptors (Lipinski definition) is 7. The Bertz CT molecular complexity index is 942. The molecule has 3 aliphatic rings. The Morgan fingerprint density at radius 3 is 2.84 bits per heavy atom. The van der Waals surface area contributed by atoms with E-state index in [0.29, 0.717) is 5.76 Å². The van der Waals surface area contributed by atoms with Gasteiger partial charge >= 0.3 is 12.3 Å². The summed E-state index contributed by atoms with van der Waals surface area (Å²) in [5, 5.41) is 16.9. The molecule has 4 N–H and O–H groups in total. The number of H-pyrrole nitrogens is 1. The molecule has 0 saturated carbocycles. The lowest BCUT2D eigenvalue weighted by molar-refractivity contribution is -0.514. The molecule has 0 aliphatic carbocycles. The molecule has 0 spiro atoms. The van der Waals surface area contributed by atoms with E-state index in [-0.39, 0.29) is 18.5 Å². The molecule has 0 bridgehead atoms. The molecule has 32 heavy (non-hydrogen) atoms. The fourth-order valence-corrected chi connectivity index (χ4v) is 3.54. The zero-order valence-electron chi connectivity index (χ0n) is 17.7. The van der Waals surface area contributed by atoms with Gasteiger partial charge in [-0.05, 0) is 33.3 Å². The van der Waals surface area contributed by atoms with Crippen molar-refractivity contribution >= 4 is 18.1 Å². The minimum Gasteiger partial charge on any atom is -0.459 e. The second-order valence-corrected chi connectivity index (χ2v) is 8.30. The van der Waals surface area contributed by atoms with Crippen LogP contribution in [0.25, 0.3) is 0 Å². The van der Waals surface area contributed by atoms with Gasteiger partial charge in [0.05, 0.1) is 12.4 Å². The highest BCUT2D eigenvalue weighted by molar-refractivity contribution is 5.78. The van der Waals surface area contributed by atoms with Crippen LogP contribution in [-0.4, -0.2) is 68.3 Å². The molecule has 0 radical (unpaired) electrons. The first-order valence-electron chi connectivity index (χ1n) is 10.1. The summed E-state index contributed by atoms with van der Waals surface area (Å²) in [7, 11) is 0. The number of nitrogens with one attached hydrogen (secondary N) is 4. The predicted molar refractivity (Wildman–Crippen MR) is 107 cm³/mol. The third-order valence-corrected chi connectivity index (χ3v) is 5.36. The molecule has 10 nitrogen and oxygen atoms in total. The number of aromatic nitrogens is 2. The van der Waals surface area contributed by atoms with Gasteiger partial charge in [0.1, 0.15) is 12.1 Å². The van der Waals surface area contributed by atoms with Crippen LogP contribution >= 0.6 is 0 Å². The van der Waals surface area contributed by atoms with Crippen LogP contribution < -0.4 is 16.0 Å². The minimum absolute atomic E-state index is 0.0844. The van der Waals surface area contributed by atoms with Crippen LogP contribution in [0.2, 0.25) is 0 Å². The van der Waals surface area contributed by atoms with Crippen LogP contribution in [0.3, 0.4) is 0 Å². The lowest BCUT2D eigenvalue weighted by Crippen LogP contribution is -2.63. The second-order valence-electron chi connectivity index (χ2n) is 8.30.